The molecule has 1 aliphatic rings. The molecular formula is C14H22ClN3. The zero-order valence-corrected chi connectivity index (χ0v) is 12.0. The molecule has 0 spiro atoms. The van der Waals surface area contributed by atoms with E-state index in [2.05, 4.69) is 30.0 Å². The summed E-state index contributed by atoms with van der Waals surface area (Å²) in [6.07, 6.45) is 2.20. The second-order valence-electron chi connectivity index (χ2n) is 5.29. The molecule has 0 atom stereocenters. The molecule has 18 heavy (non-hydrogen) atoms. The van der Waals surface area contributed by atoms with E-state index in [4.69, 9.17) is 17.3 Å². The predicted octanol–water partition coefficient (Wildman–Crippen LogP) is 2.20. The first-order chi connectivity index (χ1) is 8.57. The van der Waals surface area contributed by atoms with Crippen molar-refractivity contribution in [3.8, 4) is 0 Å². The van der Waals surface area contributed by atoms with E-state index in [9.17, 15) is 0 Å². The molecule has 0 saturated carbocycles. The largest absolute Gasteiger partial charge is 0.371 e. The van der Waals surface area contributed by atoms with E-state index >= 15 is 0 Å². The van der Waals surface area contributed by atoms with Crippen molar-refractivity contribution >= 4 is 17.3 Å². The molecule has 3 nitrogen and oxygen atoms in total. The Morgan fingerprint density at radius 2 is 2.00 bits per heavy atom. The quantitative estimate of drug-likeness (QED) is 0.911. The Hall–Kier alpha value is -0.770. The number of benzene rings is 1. The summed E-state index contributed by atoms with van der Waals surface area (Å²) in [4.78, 5) is 4.67. The van der Waals surface area contributed by atoms with Gasteiger partial charge in [0.2, 0.25) is 0 Å². The summed E-state index contributed by atoms with van der Waals surface area (Å²) in [6, 6.07) is 8.08. The van der Waals surface area contributed by atoms with Gasteiger partial charge in [0.15, 0.2) is 0 Å². The van der Waals surface area contributed by atoms with E-state index in [0.717, 1.165) is 37.5 Å². The van der Waals surface area contributed by atoms with E-state index in [1.807, 2.05) is 18.2 Å². The Morgan fingerprint density at radius 1 is 1.33 bits per heavy atom. The van der Waals surface area contributed by atoms with Crippen LogP contribution in [0.4, 0.5) is 5.69 Å². The maximum Gasteiger partial charge on any atom is 0.0426 e. The minimum Gasteiger partial charge on any atom is -0.371 e. The smallest absolute Gasteiger partial charge is 0.0426 e. The summed E-state index contributed by atoms with van der Waals surface area (Å²) in [5.41, 5.74) is 7.34. The van der Waals surface area contributed by atoms with Crippen LogP contribution in [-0.2, 0) is 0 Å². The third-order valence-corrected chi connectivity index (χ3v) is 4.43. The minimum atomic E-state index is 0.162. The third kappa shape index (κ3) is 2.63. The van der Waals surface area contributed by atoms with Crippen LogP contribution in [0.3, 0.4) is 0 Å². The Labute approximate surface area is 115 Å². The van der Waals surface area contributed by atoms with E-state index < -0.39 is 0 Å². The number of halogens is 1. The first-order valence-corrected chi connectivity index (χ1v) is 6.83. The highest BCUT2D eigenvalue weighted by Gasteiger charge is 2.35. The Bertz CT molecular complexity index is 398. The summed E-state index contributed by atoms with van der Waals surface area (Å²) in [7, 11) is 4.25. The molecule has 0 radical (unpaired) electrons. The number of piperidine rings is 1. The first-order valence-electron chi connectivity index (χ1n) is 6.45. The van der Waals surface area contributed by atoms with Crippen LogP contribution in [0.2, 0.25) is 5.02 Å². The molecule has 1 heterocycles. The molecule has 100 valence electrons. The summed E-state index contributed by atoms with van der Waals surface area (Å²) in [6.45, 7) is 2.80. The molecule has 2 rings (SSSR count). The van der Waals surface area contributed by atoms with Gasteiger partial charge in [0.05, 0.1) is 0 Å². The molecule has 1 aromatic carbocycles. The summed E-state index contributed by atoms with van der Waals surface area (Å²) < 4.78 is 0. The van der Waals surface area contributed by atoms with Gasteiger partial charge in [-0.2, -0.15) is 0 Å². The van der Waals surface area contributed by atoms with E-state index in [-0.39, 0.29) is 5.54 Å². The number of hydrogen-bond acceptors (Lipinski definition) is 3. The van der Waals surface area contributed by atoms with Gasteiger partial charge in [0.1, 0.15) is 0 Å². The van der Waals surface area contributed by atoms with Gasteiger partial charge in [0, 0.05) is 35.9 Å². The number of nitrogens with zero attached hydrogens (tertiary/aromatic N) is 2. The molecular weight excluding hydrogens is 246 g/mol. The van der Waals surface area contributed by atoms with Crippen LogP contribution in [0.25, 0.3) is 0 Å². The molecule has 0 aromatic heterocycles. The fraction of sp³-hybridized carbons (Fsp3) is 0.571. The van der Waals surface area contributed by atoms with Crippen molar-refractivity contribution in [1.82, 2.24) is 4.90 Å². The molecule has 0 amide bonds. The fourth-order valence-electron chi connectivity index (χ4n) is 2.69. The topological polar surface area (TPSA) is 32.5 Å². The van der Waals surface area contributed by atoms with Crippen LogP contribution in [0.15, 0.2) is 24.3 Å². The molecule has 0 unspecified atom stereocenters. The molecule has 0 bridgehead atoms. The molecule has 1 saturated heterocycles. The molecule has 1 fully saturated rings. The predicted molar refractivity (Wildman–Crippen MR) is 78.4 cm³/mol. The Balaban J connectivity index is 2.06. The van der Waals surface area contributed by atoms with Crippen LogP contribution in [0.1, 0.15) is 12.8 Å². The van der Waals surface area contributed by atoms with E-state index in [0.29, 0.717) is 0 Å². The summed E-state index contributed by atoms with van der Waals surface area (Å²) >= 11 is 6.04. The van der Waals surface area contributed by atoms with Gasteiger partial charge in [-0.1, -0.05) is 17.7 Å². The van der Waals surface area contributed by atoms with Gasteiger partial charge in [0.25, 0.3) is 0 Å². The second kappa shape index (κ2) is 5.47. The van der Waals surface area contributed by atoms with Crippen LogP contribution < -0.4 is 10.6 Å². The van der Waals surface area contributed by atoms with E-state index in [1.165, 1.54) is 5.69 Å². The van der Waals surface area contributed by atoms with Crippen molar-refractivity contribution in [1.29, 1.82) is 0 Å². The highest BCUT2D eigenvalue weighted by atomic mass is 35.5. The first kappa shape index (κ1) is 13.7. The molecule has 1 aromatic rings. The van der Waals surface area contributed by atoms with Crippen LogP contribution >= 0.6 is 11.6 Å². The third-order valence-electron chi connectivity index (χ3n) is 4.20. The zero-order chi connectivity index (χ0) is 13.2. The van der Waals surface area contributed by atoms with Gasteiger partial charge < -0.3 is 15.5 Å². The Kier molecular flexibility index (Phi) is 4.15. The average molecular weight is 268 g/mol. The van der Waals surface area contributed by atoms with Crippen molar-refractivity contribution in [3.63, 3.8) is 0 Å². The molecule has 0 aliphatic carbocycles. The van der Waals surface area contributed by atoms with Crippen LogP contribution in [-0.4, -0.2) is 44.2 Å². The number of likely N-dealkylation sites (N-methyl/N-ethyl adjacent to an activating group) is 1. The number of nitrogens with two attached hydrogens (primary N) is 1. The lowest BCUT2D eigenvalue weighted by molar-refractivity contribution is 0.125. The van der Waals surface area contributed by atoms with Gasteiger partial charge >= 0.3 is 0 Å². The molecule has 4 heteroatoms. The molecule has 1 aliphatic heterocycles. The number of hydrogen-bond donors (Lipinski definition) is 1. The Morgan fingerprint density at radius 3 is 2.50 bits per heavy atom. The standard InChI is InChI=1S/C14H22ClN3/c1-17(2)14(11-16)6-8-18(9-7-14)13-5-3-4-12(15)10-13/h3-5,10H,6-9,11,16H2,1-2H3. The maximum atomic E-state index is 6.04. The highest BCUT2D eigenvalue weighted by Crippen LogP contribution is 2.29. The van der Waals surface area contributed by atoms with Gasteiger partial charge in [-0.05, 0) is 45.1 Å². The van der Waals surface area contributed by atoms with Gasteiger partial charge in [-0.15, -0.1) is 0 Å². The zero-order valence-electron chi connectivity index (χ0n) is 11.2. The summed E-state index contributed by atoms with van der Waals surface area (Å²) in [5, 5.41) is 0.802. The minimum absolute atomic E-state index is 0.162. The second-order valence-corrected chi connectivity index (χ2v) is 5.73. The average Bonchev–Trinajstić information content (AvgIpc) is 2.38. The van der Waals surface area contributed by atoms with Crippen LogP contribution in [0.5, 0.6) is 0 Å². The normalized spacial score (nSPS) is 19.3. The van der Waals surface area contributed by atoms with Gasteiger partial charge in [-0.3, -0.25) is 0 Å². The fourth-order valence-corrected chi connectivity index (χ4v) is 2.87. The monoisotopic (exact) mass is 267 g/mol. The number of anilines is 1. The molecule has 2 N–H and O–H groups in total. The van der Waals surface area contributed by atoms with Crippen molar-refractivity contribution in [2.75, 3.05) is 38.6 Å². The lowest BCUT2D eigenvalue weighted by Gasteiger charge is -2.46. The van der Waals surface area contributed by atoms with Crippen molar-refractivity contribution in [3.05, 3.63) is 29.3 Å². The lowest BCUT2D eigenvalue weighted by Crippen LogP contribution is -2.57. The van der Waals surface area contributed by atoms with Crippen molar-refractivity contribution in [2.24, 2.45) is 5.73 Å². The SMILES string of the molecule is CN(C)C1(CN)CCN(c2cccc(Cl)c2)CC1. The lowest BCUT2D eigenvalue weighted by atomic mass is 9.86. The van der Waals surface area contributed by atoms with Crippen molar-refractivity contribution in [2.45, 2.75) is 18.4 Å². The van der Waals surface area contributed by atoms with Gasteiger partial charge in [-0.25, -0.2) is 0 Å². The highest BCUT2D eigenvalue weighted by molar-refractivity contribution is 6.30. The van der Waals surface area contributed by atoms with Crippen molar-refractivity contribution < 1.29 is 0 Å². The van der Waals surface area contributed by atoms with E-state index in [1.54, 1.807) is 0 Å². The van der Waals surface area contributed by atoms with Crippen LogP contribution in [0, 0.1) is 0 Å². The summed E-state index contributed by atoms with van der Waals surface area (Å²) in [5.74, 6) is 0. The maximum absolute atomic E-state index is 6.04. The number of rotatable bonds is 3.